The quantitative estimate of drug-likeness (QED) is 0.604. The van der Waals surface area contributed by atoms with Gasteiger partial charge < -0.3 is 10.1 Å². The van der Waals surface area contributed by atoms with E-state index < -0.39 is 14.9 Å². The van der Waals surface area contributed by atoms with Gasteiger partial charge in [0.2, 0.25) is 10.0 Å². The minimum Gasteiger partial charge on any atom is -0.381 e. The Hall–Kier alpha value is -1.71. The van der Waals surface area contributed by atoms with Gasteiger partial charge in [0.25, 0.3) is 5.69 Å². The Morgan fingerprint density at radius 1 is 1.38 bits per heavy atom. The van der Waals surface area contributed by atoms with E-state index >= 15 is 0 Å². The number of rotatable bonds is 5. The van der Waals surface area contributed by atoms with Crippen LogP contribution in [0.3, 0.4) is 0 Å². The van der Waals surface area contributed by atoms with Crippen molar-refractivity contribution >= 4 is 21.4 Å². The molecule has 2 fully saturated rings. The molecule has 1 aromatic carbocycles. The van der Waals surface area contributed by atoms with E-state index in [2.05, 4.69) is 5.32 Å². The standard InChI is InChI=1S/C12H15N3O5S/c13-21(18,19)7-1-2-11(12(3-7)15(16)17)14-4-8-9-5-20-6-10(8)9/h1-3,8-10,14H,4-6H2,(H2,13,18,19)/t8-,9+,10-. The molecule has 1 heterocycles. The molecule has 8 nitrogen and oxygen atoms in total. The molecule has 1 aromatic rings. The zero-order valence-corrected chi connectivity index (χ0v) is 11.9. The molecule has 1 saturated heterocycles. The Balaban J connectivity index is 1.76. The van der Waals surface area contributed by atoms with Gasteiger partial charge >= 0.3 is 0 Å². The molecule has 1 aliphatic heterocycles. The zero-order valence-electron chi connectivity index (χ0n) is 11.1. The summed E-state index contributed by atoms with van der Waals surface area (Å²) in [5.41, 5.74) is 0.0156. The van der Waals surface area contributed by atoms with Gasteiger partial charge in [-0.2, -0.15) is 0 Å². The number of nitro groups is 1. The number of nitro benzene ring substituents is 1. The number of ether oxygens (including phenoxy) is 1. The predicted molar refractivity (Wildman–Crippen MR) is 74.2 cm³/mol. The van der Waals surface area contributed by atoms with E-state index in [0.717, 1.165) is 19.3 Å². The molecular formula is C12H15N3O5S. The first-order chi connectivity index (χ1) is 9.88. The lowest BCUT2D eigenvalue weighted by Gasteiger charge is -2.09. The largest absolute Gasteiger partial charge is 0.381 e. The van der Waals surface area contributed by atoms with Crippen LogP contribution in [0.1, 0.15) is 0 Å². The van der Waals surface area contributed by atoms with Crippen molar-refractivity contribution < 1.29 is 18.1 Å². The fraction of sp³-hybridized carbons (Fsp3) is 0.500. The third kappa shape index (κ3) is 2.71. The van der Waals surface area contributed by atoms with Crippen LogP contribution in [0.2, 0.25) is 0 Å². The second kappa shape index (κ2) is 4.93. The van der Waals surface area contributed by atoms with Crippen LogP contribution in [0, 0.1) is 27.9 Å². The zero-order chi connectivity index (χ0) is 15.2. The summed E-state index contributed by atoms with van der Waals surface area (Å²) in [6, 6.07) is 3.63. The Kier molecular flexibility index (Phi) is 3.34. The maximum atomic E-state index is 11.2. The maximum absolute atomic E-state index is 11.2. The SMILES string of the molecule is NS(=O)(=O)c1ccc(NC[C@H]2[C@H]3COC[C@@H]23)c([N+](=O)[O-])c1. The number of nitrogens with zero attached hydrogens (tertiary/aromatic N) is 1. The van der Waals surface area contributed by atoms with E-state index in [1.54, 1.807) is 0 Å². The van der Waals surface area contributed by atoms with Crippen molar-refractivity contribution in [2.45, 2.75) is 4.90 Å². The predicted octanol–water partition coefficient (Wildman–Crippen LogP) is 0.547. The average molecular weight is 313 g/mol. The van der Waals surface area contributed by atoms with Gasteiger partial charge in [0, 0.05) is 12.6 Å². The Bertz CT molecular complexity index is 680. The van der Waals surface area contributed by atoms with E-state index in [9.17, 15) is 18.5 Å². The fourth-order valence-electron chi connectivity index (χ4n) is 2.88. The summed E-state index contributed by atoms with van der Waals surface area (Å²) in [6.07, 6.45) is 0. The summed E-state index contributed by atoms with van der Waals surface area (Å²) in [5.74, 6) is 1.55. The number of hydrogen-bond acceptors (Lipinski definition) is 6. The van der Waals surface area contributed by atoms with Gasteiger partial charge in [0.1, 0.15) is 5.69 Å². The minimum atomic E-state index is -3.96. The molecule has 3 atom stereocenters. The number of hydrogen-bond donors (Lipinski definition) is 2. The van der Waals surface area contributed by atoms with Crippen molar-refractivity contribution in [1.82, 2.24) is 0 Å². The molecular weight excluding hydrogens is 298 g/mol. The van der Waals surface area contributed by atoms with Crippen LogP contribution < -0.4 is 10.5 Å². The van der Waals surface area contributed by atoms with Crippen LogP contribution in [0.25, 0.3) is 0 Å². The molecule has 21 heavy (non-hydrogen) atoms. The molecule has 3 rings (SSSR count). The van der Waals surface area contributed by atoms with Gasteiger partial charge in [0.15, 0.2) is 0 Å². The second-order valence-electron chi connectivity index (χ2n) is 5.39. The van der Waals surface area contributed by atoms with E-state index in [1.807, 2.05) is 0 Å². The molecule has 0 unspecified atom stereocenters. The van der Waals surface area contributed by atoms with Gasteiger partial charge in [-0.25, -0.2) is 13.6 Å². The highest BCUT2D eigenvalue weighted by Gasteiger charge is 2.53. The molecule has 2 aliphatic rings. The summed E-state index contributed by atoms with van der Waals surface area (Å²) >= 11 is 0. The van der Waals surface area contributed by atoms with Crippen molar-refractivity contribution in [1.29, 1.82) is 0 Å². The number of fused-ring (bicyclic) bond motifs is 1. The number of nitrogens with two attached hydrogens (primary N) is 1. The lowest BCUT2D eigenvalue weighted by molar-refractivity contribution is -0.384. The van der Waals surface area contributed by atoms with E-state index in [0.29, 0.717) is 30.0 Å². The lowest BCUT2D eigenvalue weighted by atomic mass is 10.2. The number of anilines is 1. The Labute approximate surface area is 121 Å². The monoisotopic (exact) mass is 313 g/mol. The molecule has 0 radical (unpaired) electrons. The molecule has 3 N–H and O–H groups in total. The third-order valence-corrected chi connectivity index (χ3v) is 5.06. The Morgan fingerprint density at radius 2 is 2.05 bits per heavy atom. The van der Waals surface area contributed by atoms with Crippen LogP contribution in [0.4, 0.5) is 11.4 Å². The molecule has 1 saturated carbocycles. The third-order valence-electron chi connectivity index (χ3n) is 4.15. The van der Waals surface area contributed by atoms with Gasteiger partial charge in [-0.1, -0.05) is 0 Å². The van der Waals surface area contributed by atoms with Crippen molar-refractivity contribution in [3.05, 3.63) is 28.3 Å². The molecule has 0 bridgehead atoms. The van der Waals surface area contributed by atoms with Crippen LogP contribution in [0.15, 0.2) is 23.1 Å². The summed E-state index contributed by atoms with van der Waals surface area (Å²) in [4.78, 5) is 10.2. The van der Waals surface area contributed by atoms with Crippen molar-refractivity contribution in [2.75, 3.05) is 25.1 Å². The molecule has 1 aliphatic carbocycles. The highest BCUT2D eigenvalue weighted by molar-refractivity contribution is 7.89. The van der Waals surface area contributed by atoms with Gasteiger partial charge in [-0.3, -0.25) is 10.1 Å². The summed E-state index contributed by atoms with van der Waals surface area (Å²) in [5, 5.41) is 19.1. The maximum Gasteiger partial charge on any atom is 0.293 e. The van der Waals surface area contributed by atoms with Crippen molar-refractivity contribution in [3.8, 4) is 0 Å². The van der Waals surface area contributed by atoms with Gasteiger partial charge in [-0.15, -0.1) is 0 Å². The molecule has 0 spiro atoms. The highest BCUT2D eigenvalue weighted by atomic mass is 32.2. The number of nitrogens with one attached hydrogen (secondary N) is 1. The molecule has 114 valence electrons. The van der Waals surface area contributed by atoms with Crippen LogP contribution in [0.5, 0.6) is 0 Å². The Morgan fingerprint density at radius 3 is 2.62 bits per heavy atom. The van der Waals surface area contributed by atoms with Crippen molar-refractivity contribution in [2.24, 2.45) is 22.9 Å². The van der Waals surface area contributed by atoms with E-state index in [4.69, 9.17) is 9.88 Å². The van der Waals surface area contributed by atoms with E-state index in [-0.39, 0.29) is 10.6 Å². The number of sulfonamides is 1. The normalized spacial score (nSPS) is 27.2. The first-order valence-electron chi connectivity index (χ1n) is 6.51. The summed E-state index contributed by atoms with van der Waals surface area (Å²) in [7, 11) is -3.96. The number of benzene rings is 1. The smallest absolute Gasteiger partial charge is 0.293 e. The number of primary sulfonamides is 1. The lowest BCUT2D eigenvalue weighted by Crippen LogP contribution is -2.14. The van der Waals surface area contributed by atoms with Crippen LogP contribution in [-0.4, -0.2) is 33.1 Å². The van der Waals surface area contributed by atoms with Crippen molar-refractivity contribution in [3.63, 3.8) is 0 Å². The average Bonchev–Trinajstić information content (AvgIpc) is 2.84. The molecule has 0 amide bonds. The summed E-state index contributed by atoms with van der Waals surface area (Å²) < 4.78 is 27.8. The first-order valence-corrected chi connectivity index (χ1v) is 8.05. The topological polar surface area (TPSA) is 125 Å². The minimum absolute atomic E-state index is 0.267. The highest BCUT2D eigenvalue weighted by Crippen LogP contribution is 2.50. The fourth-order valence-corrected chi connectivity index (χ4v) is 3.41. The molecule has 0 aromatic heterocycles. The van der Waals surface area contributed by atoms with E-state index in [1.165, 1.54) is 12.1 Å². The van der Waals surface area contributed by atoms with Gasteiger partial charge in [0.05, 0.1) is 23.0 Å². The first kappa shape index (κ1) is 14.2. The summed E-state index contributed by atoms with van der Waals surface area (Å²) in [6.45, 7) is 2.13. The van der Waals surface area contributed by atoms with Crippen LogP contribution in [-0.2, 0) is 14.8 Å². The second-order valence-corrected chi connectivity index (χ2v) is 6.95. The van der Waals surface area contributed by atoms with Gasteiger partial charge in [-0.05, 0) is 29.9 Å². The van der Waals surface area contributed by atoms with Crippen LogP contribution >= 0.6 is 0 Å². The molecule has 9 heteroatoms.